The van der Waals surface area contributed by atoms with E-state index in [0.29, 0.717) is 35.6 Å². The van der Waals surface area contributed by atoms with Gasteiger partial charge in [0, 0.05) is 11.1 Å². The maximum atomic E-state index is 6.04. The third kappa shape index (κ3) is 6.17. The first-order valence-electron chi connectivity index (χ1n) is 9.91. The van der Waals surface area contributed by atoms with E-state index in [1.165, 1.54) is 0 Å². The van der Waals surface area contributed by atoms with Crippen LogP contribution in [0, 0.1) is 0 Å². The first-order valence-corrected chi connectivity index (χ1v) is 10.3. The van der Waals surface area contributed by atoms with Crippen LogP contribution in [0.15, 0.2) is 91.0 Å². The van der Waals surface area contributed by atoms with Crippen LogP contribution in [0.1, 0.15) is 22.4 Å². The molecule has 0 spiro atoms. The number of hydrogen-bond acceptors (Lipinski definition) is 4. The van der Waals surface area contributed by atoms with E-state index in [-0.39, 0.29) is 0 Å². The number of hydrogen-bond donors (Lipinski definition) is 0. The molecule has 1 heterocycles. The summed E-state index contributed by atoms with van der Waals surface area (Å²) in [6, 6.07) is 29.3. The molecular formula is C26H21ClN2O2. The second kappa shape index (κ2) is 10.4. The topological polar surface area (TPSA) is 44.2 Å². The molecule has 0 aliphatic rings. The van der Waals surface area contributed by atoms with Crippen LogP contribution < -0.4 is 9.47 Å². The van der Waals surface area contributed by atoms with Crippen LogP contribution in [0.25, 0.3) is 12.2 Å². The maximum Gasteiger partial charge on any atom is 0.276 e. The lowest BCUT2D eigenvalue weighted by atomic mass is 10.2. The van der Waals surface area contributed by atoms with E-state index in [0.717, 1.165) is 16.7 Å². The summed E-state index contributed by atoms with van der Waals surface area (Å²) in [5, 5.41) is 9.24. The van der Waals surface area contributed by atoms with Gasteiger partial charge in [0.1, 0.15) is 13.2 Å². The zero-order valence-corrected chi connectivity index (χ0v) is 17.6. The molecule has 0 atom stereocenters. The Morgan fingerprint density at radius 3 is 1.94 bits per heavy atom. The quantitative estimate of drug-likeness (QED) is 0.323. The summed E-state index contributed by atoms with van der Waals surface area (Å²) >= 11 is 5.95. The summed E-state index contributed by atoms with van der Waals surface area (Å²) in [7, 11) is 0. The van der Waals surface area contributed by atoms with Crippen molar-refractivity contribution in [1.82, 2.24) is 10.2 Å². The molecule has 5 heteroatoms. The van der Waals surface area contributed by atoms with Gasteiger partial charge in [0.15, 0.2) is 5.75 Å². The Bertz CT molecular complexity index is 1130. The predicted molar refractivity (Wildman–Crippen MR) is 124 cm³/mol. The number of rotatable bonds is 8. The molecule has 1 aromatic heterocycles. The lowest BCUT2D eigenvalue weighted by Gasteiger charge is -2.12. The Morgan fingerprint density at radius 1 is 0.677 bits per heavy atom. The Labute approximate surface area is 186 Å². The molecule has 31 heavy (non-hydrogen) atoms. The normalized spacial score (nSPS) is 10.9. The van der Waals surface area contributed by atoms with Gasteiger partial charge in [-0.2, -0.15) is 0 Å². The van der Waals surface area contributed by atoms with Crippen molar-refractivity contribution < 1.29 is 9.47 Å². The van der Waals surface area contributed by atoms with E-state index in [9.17, 15) is 0 Å². The van der Waals surface area contributed by atoms with Crippen LogP contribution in [-0.4, -0.2) is 10.2 Å². The molecule has 0 radical (unpaired) electrons. The van der Waals surface area contributed by atoms with Crippen LogP contribution in [0.4, 0.5) is 0 Å². The summed E-state index contributed by atoms with van der Waals surface area (Å²) in [5.74, 6) is 0.911. The molecule has 0 fully saturated rings. The van der Waals surface area contributed by atoms with E-state index in [2.05, 4.69) is 10.2 Å². The standard InChI is InChI=1S/C26H21ClN2O2/c27-23-14-11-20(12-15-23)13-16-24-17-25(30-18-21-7-3-1-4-8-21)26(29-28-24)31-19-22-9-5-2-6-10-22/h1-17H,18-19H2/b16-13+. The van der Waals surface area contributed by atoms with Crippen LogP contribution in [0.5, 0.6) is 11.6 Å². The molecule has 0 saturated heterocycles. The third-order valence-corrected chi connectivity index (χ3v) is 4.77. The highest BCUT2D eigenvalue weighted by Crippen LogP contribution is 2.27. The van der Waals surface area contributed by atoms with Gasteiger partial charge in [-0.25, -0.2) is 0 Å². The predicted octanol–water partition coefficient (Wildman–Crippen LogP) is 6.46. The fraction of sp³-hybridized carbons (Fsp3) is 0.0769. The number of nitrogens with zero attached hydrogens (tertiary/aromatic N) is 2. The molecule has 0 amide bonds. The van der Waals surface area contributed by atoms with Gasteiger partial charge in [0.25, 0.3) is 5.88 Å². The Hall–Kier alpha value is -3.63. The van der Waals surface area contributed by atoms with Crippen LogP contribution >= 0.6 is 11.6 Å². The molecule has 0 aliphatic carbocycles. The summed E-state index contributed by atoms with van der Waals surface area (Å²) in [6.45, 7) is 0.797. The van der Waals surface area contributed by atoms with Crippen LogP contribution in [0.3, 0.4) is 0 Å². The minimum Gasteiger partial charge on any atom is -0.483 e. The average molecular weight is 429 g/mol. The summed E-state index contributed by atoms with van der Waals surface area (Å²) < 4.78 is 11.9. The molecule has 3 aromatic carbocycles. The molecule has 4 aromatic rings. The molecule has 4 rings (SSSR count). The Kier molecular flexibility index (Phi) is 6.93. The van der Waals surface area contributed by atoms with Gasteiger partial charge >= 0.3 is 0 Å². The third-order valence-electron chi connectivity index (χ3n) is 4.52. The second-order valence-corrected chi connectivity index (χ2v) is 7.31. The molecular weight excluding hydrogens is 408 g/mol. The summed E-state index contributed by atoms with van der Waals surface area (Å²) in [6.07, 6.45) is 3.83. The van der Waals surface area contributed by atoms with Gasteiger partial charge in [0.2, 0.25) is 0 Å². The van der Waals surface area contributed by atoms with Gasteiger partial charge < -0.3 is 9.47 Å². The van der Waals surface area contributed by atoms with Crippen molar-refractivity contribution in [2.45, 2.75) is 13.2 Å². The van der Waals surface area contributed by atoms with Gasteiger partial charge in [0.05, 0.1) is 5.69 Å². The number of halogens is 1. The first kappa shape index (κ1) is 20.6. The molecule has 0 bridgehead atoms. The van der Waals surface area contributed by atoms with Crippen LogP contribution in [0.2, 0.25) is 5.02 Å². The highest BCUT2D eigenvalue weighted by molar-refractivity contribution is 6.30. The van der Waals surface area contributed by atoms with Crippen molar-refractivity contribution in [3.8, 4) is 11.6 Å². The maximum absolute atomic E-state index is 6.04. The SMILES string of the molecule is Clc1ccc(/C=C/c2cc(OCc3ccccc3)c(OCc3ccccc3)nn2)cc1. The largest absolute Gasteiger partial charge is 0.483 e. The summed E-state index contributed by atoms with van der Waals surface area (Å²) in [5.41, 5.74) is 3.80. The average Bonchev–Trinajstić information content (AvgIpc) is 2.83. The van der Waals surface area contributed by atoms with Gasteiger partial charge in [-0.15, -0.1) is 10.2 Å². The molecule has 0 unspecified atom stereocenters. The van der Waals surface area contributed by atoms with Crippen molar-refractivity contribution >= 4 is 23.8 Å². The second-order valence-electron chi connectivity index (χ2n) is 6.87. The highest BCUT2D eigenvalue weighted by atomic mass is 35.5. The van der Waals surface area contributed by atoms with E-state index < -0.39 is 0 Å². The molecule has 0 aliphatic heterocycles. The van der Waals surface area contributed by atoms with Crippen molar-refractivity contribution in [3.05, 3.63) is 118 Å². The number of ether oxygens (including phenoxy) is 2. The minimum atomic E-state index is 0.364. The molecule has 0 N–H and O–H groups in total. The lowest BCUT2D eigenvalue weighted by Crippen LogP contribution is -2.04. The molecule has 154 valence electrons. The van der Waals surface area contributed by atoms with Crippen molar-refractivity contribution in [2.24, 2.45) is 0 Å². The first-order chi connectivity index (χ1) is 15.3. The number of aromatic nitrogens is 2. The minimum absolute atomic E-state index is 0.364. The molecule has 0 saturated carbocycles. The Balaban J connectivity index is 1.53. The zero-order chi connectivity index (χ0) is 21.3. The van der Waals surface area contributed by atoms with Gasteiger partial charge in [-0.1, -0.05) is 90.5 Å². The number of benzene rings is 3. The van der Waals surface area contributed by atoms with E-state index >= 15 is 0 Å². The van der Waals surface area contributed by atoms with Crippen molar-refractivity contribution in [2.75, 3.05) is 0 Å². The van der Waals surface area contributed by atoms with Crippen molar-refractivity contribution in [3.63, 3.8) is 0 Å². The van der Waals surface area contributed by atoms with E-state index in [1.807, 2.05) is 103 Å². The van der Waals surface area contributed by atoms with E-state index in [4.69, 9.17) is 21.1 Å². The fourth-order valence-corrected chi connectivity index (χ4v) is 3.00. The van der Waals surface area contributed by atoms with Crippen molar-refractivity contribution in [1.29, 1.82) is 0 Å². The van der Waals surface area contributed by atoms with E-state index in [1.54, 1.807) is 0 Å². The van der Waals surface area contributed by atoms with Gasteiger partial charge in [-0.3, -0.25) is 0 Å². The Morgan fingerprint density at radius 2 is 1.29 bits per heavy atom. The van der Waals surface area contributed by atoms with Gasteiger partial charge in [-0.05, 0) is 34.9 Å². The smallest absolute Gasteiger partial charge is 0.276 e. The monoisotopic (exact) mass is 428 g/mol. The highest BCUT2D eigenvalue weighted by Gasteiger charge is 2.10. The summed E-state index contributed by atoms with van der Waals surface area (Å²) in [4.78, 5) is 0. The van der Waals surface area contributed by atoms with Crippen LogP contribution in [-0.2, 0) is 13.2 Å². The zero-order valence-electron chi connectivity index (χ0n) is 16.8. The molecule has 4 nitrogen and oxygen atoms in total. The fourth-order valence-electron chi connectivity index (χ4n) is 2.88. The lowest BCUT2D eigenvalue weighted by molar-refractivity contribution is 0.244.